The molecule has 0 aliphatic heterocycles. The van der Waals surface area contributed by atoms with Gasteiger partial charge in [0.15, 0.2) is 11.5 Å². The minimum absolute atomic E-state index is 0.151. The summed E-state index contributed by atoms with van der Waals surface area (Å²) in [6, 6.07) is 4.97. The average Bonchev–Trinajstić information content (AvgIpc) is 2.82. The second-order valence-electron chi connectivity index (χ2n) is 4.61. The van der Waals surface area contributed by atoms with E-state index in [2.05, 4.69) is 15.5 Å². The molecule has 2 rings (SSSR count). The van der Waals surface area contributed by atoms with Gasteiger partial charge in [-0.25, -0.2) is 0 Å². The van der Waals surface area contributed by atoms with Crippen molar-refractivity contribution in [3.8, 4) is 0 Å². The Morgan fingerprint density at radius 1 is 1.47 bits per heavy atom. The van der Waals surface area contributed by atoms with Crippen LogP contribution in [0.3, 0.4) is 0 Å². The van der Waals surface area contributed by atoms with Gasteiger partial charge in [-0.15, -0.1) is 10.2 Å². The van der Waals surface area contributed by atoms with Crippen LogP contribution in [-0.2, 0) is 4.79 Å². The highest BCUT2D eigenvalue weighted by atomic mass is 16.2. The Labute approximate surface area is 112 Å². The fourth-order valence-electron chi connectivity index (χ4n) is 1.98. The first-order valence-electron chi connectivity index (χ1n) is 6.49. The summed E-state index contributed by atoms with van der Waals surface area (Å²) in [4.78, 5) is 11.9. The highest BCUT2D eigenvalue weighted by Gasteiger charge is 2.19. The van der Waals surface area contributed by atoms with Crippen LogP contribution in [0.25, 0.3) is 5.65 Å². The maximum absolute atomic E-state index is 11.9. The molecule has 0 radical (unpaired) electrons. The maximum Gasteiger partial charge on any atom is 0.237 e. The molecule has 0 aliphatic carbocycles. The van der Waals surface area contributed by atoms with Gasteiger partial charge < -0.3 is 11.1 Å². The molecule has 3 N–H and O–H groups in total. The first-order valence-corrected chi connectivity index (χ1v) is 6.49. The van der Waals surface area contributed by atoms with E-state index in [0.717, 1.165) is 12.1 Å². The van der Waals surface area contributed by atoms with Gasteiger partial charge in [0.2, 0.25) is 5.91 Å². The molecule has 0 fully saturated rings. The normalized spacial score (nSPS) is 14.3. The van der Waals surface area contributed by atoms with Gasteiger partial charge >= 0.3 is 0 Å². The number of amides is 1. The minimum atomic E-state index is -0.466. The van der Waals surface area contributed by atoms with Crippen molar-refractivity contribution in [1.29, 1.82) is 0 Å². The molecule has 2 aromatic rings. The second-order valence-corrected chi connectivity index (χ2v) is 4.61. The van der Waals surface area contributed by atoms with Gasteiger partial charge in [-0.3, -0.25) is 9.20 Å². The zero-order chi connectivity index (χ0) is 13.8. The van der Waals surface area contributed by atoms with Crippen molar-refractivity contribution in [2.75, 3.05) is 0 Å². The SMILES string of the molecule is CCC[C@@H](N)C(=O)NC(C)c1nnc2ccccn12. The van der Waals surface area contributed by atoms with Crippen LogP contribution in [0.4, 0.5) is 0 Å². The largest absolute Gasteiger partial charge is 0.345 e. The summed E-state index contributed by atoms with van der Waals surface area (Å²) < 4.78 is 1.86. The van der Waals surface area contributed by atoms with Crippen LogP contribution >= 0.6 is 0 Å². The molecular weight excluding hydrogens is 242 g/mol. The molecule has 102 valence electrons. The Morgan fingerprint density at radius 2 is 2.26 bits per heavy atom. The molecule has 0 aromatic carbocycles. The van der Waals surface area contributed by atoms with E-state index in [1.165, 1.54) is 0 Å². The van der Waals surface area contributed by atoms with Crippen molar-refractivity contribution in [2.24, 2.45) is 5.73 Å². The molecule has 1 amide bonds. The predicted octanol–water partition coefficient (Wildman–Crippen LogP) is 1.03. The Balaban J connectivity index is 2.12. The van der Waals surface area contributed by atoms with Gasteiger partial charge in [0.05, 0.1) is 12.1 Å². The number of rotatable bonds is 5. The number of nitrogens with two attached hydrogens (primary N) is 1. The highest BCUT2D eigenvalue weighted by Crippen LogP contribution is 2.11. The van der Waals surface area contributed by atoms with Crippen molar-refractivity contribution < 1.29 is 4.79 Å². The van der Waals surface area contributed by atoms with Gasteiger partial charge in [0.25, 0.3) is 0 Å². The lowest BCUT2D eigenvalue weighted by atomic mass is 10.1. The van der Waals surface area contributed by atoms with Crippen molar-refractivity contribution in [2.45, 2.75) is 38.8 Å². The molecule has 0 bridgehead atoms. The fraction of sp³-hybridized carbons (Fsp3) is 0.462. The number of pyridine rings is 1. The van der Waals surface area contributed by atoms with E-state index in [4.69, 9.17) is 5.73 Å². The summed E-state index contributed by atoms with van der Waals surface area (Å²) in [5.41, 5.74) is 6.55. The zero-order valence-electron chi connectivity index (χ0n) is 11.2. The van der Waals surface area contributed by atoms with E-state index in [-0.39, 0.29) is 11.9 Å². The minimum Gasteiger partial charge on any atom is -0.345 e. The van der Waals surface area contributed by atoms with E-state index in [0.29, 0.717) is 12.2 Å². The van der Waals surface area contributed by atoms with E-state index >= 15 is 0 Å². The second kappa shape index (κ2) is 5.79. The Morgan fingerprint density at radius 3 is 3.00 bits per heavy atom. The molecule has 0 saturated carbocycles. The quantitative estimate of drug-likeness (QED) is 0.842. The van der Waals surface area contributed by atoms with Crippen LogP contribution in [0.2, 0.25) is 0 Å². The maximum atomic E-state index is 11.9. The van der Waals surface area contributed by atoms with Crippen molar-refractivity contribution in [1.82, 2.24) is 19.9 Å². The van der Waals surface area contributed by atoms with Crippen LogP contribution in [0.5, 0.6) is 0 Å². The molecule has 6 heteroatoms. The van der Waals surface area contributed by atoms with Crippen molar-refractivity contribution in [3.05, 3.63) is 30.2 Å². The van der Waals surface area contributed by atoms with Gasteiger partial charge in [0, 0.05) is 6.20 Å². The number of hydrogen-bond acceptors (Lipinski definition) is 4. The third kappa shape index (κ3) is 2.90. The molecular formula is C13H19N5O. The lowest BCUT2D eigenvalue weighted by molar-refractivity contribution is -0.123. The third-order valence-corrected chi connectivity index (χ3v) is 3.02. The molecule has 0 spiro atoms. The van der Waals surface area contributed by atoms with Gasteiger partial charge in [-0.1, -0.05) is 19.4 Å². The van der Waals surface area contributed by atoms with E-state index in [9.17, 15) is 4.79 Å². The smallest absolute Gasteiger partial charge is 0.237 e. The lowest BCUT2D eigenvalue weighted by Gasteiger charge is -2.16. The van der Waals surface area contributed by atoms with Crippen LogP contribution in [-0.4, -0.2) is 26.5 Å². The Hall–Kier alpha value is -1.95. The number of carbonyl (C=O) groups excluding carboxylic acids is 1. The molecule has 6 nitrogen and oxygen atoms in total. The molecule has 0 aliphatic rings. The van der Waals surface area contributed by atoms with Gasteiger partial charge in [-0.05, 0) is 25.5 Å². The van der Waals surface area contributed by atoms with E-state index in [1.54, 1.807) is 0 Å². The Kier molecular flexibility index (Phi) is 4.11. The molecule has 0 saturated heterocycles. The topological polar surface area (TPSA) is 85.3 Å². The van der Waals surface area contributed by atoms with Crippen molar-refractivity contribution >= 4 is 11.6 Å². The first kappa shape index (κ1) is 13.5. The van der Waals surface area contributed by atoms with Gasteiger partial charge in [0.1, 0.15) is 0 Å². The third-order valence-electron chi connectivity index (χ3n) is 3.02. The number of fused-ring (bicyclic) bond motifs is 1. The summed E-state index contributed by atoms with van der Waals surface area (Å²) in [7, 11) is 0. The number of hydrogen-bond donors (Lipinski definition) is 2. The molecule has 2 atom stereocenters. The first-order chi connectivity index (χ1) is 9.13. The van der Waals surface area contributed by atoms with E-state index in [1.807, 2.05) is 42.6 Å². The standard InChI is InChI=1S/C13H19N5O/c1-3-6-10(14)13(19)15-9(2)12-17-16-11-7-4-5-8-18(11)12/h4-5,7-10H,3,6,14H2,1-2H3,(H,15,19)/t9?,10-/m1/s1. The molecule has 19 heavy (non-hydrogen) atoms. The van der Waals surface area contributed by atoms with Crippen LogP contribution in [0.1, 0.15) is 38.6 Å². The number of nitrogens with one attached hydrogen (secondary N) is 1. The predicted molar refractivity (Wildman–Crippen MR) is 72.4 cm³/mol. The van der Waals surface area contributed by atoms with E-state index < -0.39 is 6.04 Å². The molecule has 2 aromatic heterocycles. The van der Waals surface area contributed by atoms with Crippen LogP contribution in [0.15, 0.2) is 24.4 Å². The summed E-state index contributed by atoms with van der Waals surface area (Å²) >= 11 is 0. The fourth-order valence-corrected chi connectivity index (χ4v) is 1.98. The van der Waals surface area contributed by atoms with Crippen molar-refractivity contribution in [3.63, 3.8) is 0 Å². The lowest BCUT2D eigenvalue weighted by Crippen LogP contribution is -2.41. The monoisotopic (exact) mass is 261 g/mol. The summed E-state index contributed by atoms with van der Waals surface area (Å²) in [6.07, 6.45) is 3.44. The van der Waals surface area contributed by atoms with Crippen LogP contribution < -0.4 is 11.1 Å². The van der Waals surface area contributed by atoms with Gasteiger partial charge in [-0.2, -0.15) is 0 Å². The summed E-state index contributed by atoms with van der Waals surface area (Å²) in [6.45, 7) is 3.88. The number of carbonyl (C=O) groups is 1. The number of aromatic nitrogens is 3. The Bertz CT molecular complexity index is 565. The molecule has 1 unspecified atom stereocenters. The van der Waals surface area contributed by atoms with Crippen LogP contribution in [0, 0.1) is 0 Å². The highest BCUT2D eigenvalue weighted by molar-refractivity contribution is 5.81. The number of nitrogens with zero attached hydrogens (tertiary/aromatic N) is 3. The zero-order valence-corrected chi connectivity index (χ0v) is 11.2. The molecule has 2 heterocycles. The average molecular weight is 261 g/mol. The summed E-state index contributed by atoms with van der Waals surface area (Å²) in [5, 5.41) is 11.0. The summed E-state index contributed by atoms with van der Waals surface area (Å²) in [5.74, 6) is 0.551.